The number of esters is 1. The second-order valence-electron chi connectivity index (χ2n) is 7.10. The molecule has 1 fully saturated rings. The highest BCUT2D eigenvalue weighted by atomic mass is 35.5. The Morgan fingerprint density at radius 1 is 1.23 bits per heavy atom. The van der Waals surface area contributed by atoms with Crippen molar-refractivity contribution in [2.45, 2.75) is 19.4 Å². The molecule has 3 rings (SSSR count). The Hall–Kier alpha value is -2.45. The summed E-state index contributed by atoms with van der Waals surface area (Å²) >= 11 is 7.37. The molecule has 0 N–H and O–H groups in total. The predicted molar refractivity (Wildman–Crippen MR) is 112 cm³/mol. The van der Waals surface area contributed by atoms with Gasteiger partial charge in [0.2, 0.25) is 0 Å². The number of carbonyl (C=O) groups is 3. The van der Waals surface area contributed by atoms with Crippen LogP contribution in [0.4, 0.5) is 4.39 Å². The van der Waals surface area contributed by atoms with E-state index in [1.165, 1.54) is 35.4 Å². The van der Waals surface area contributed by atoms with Crippen molar-refractivity contribution in [2.24, 2.45) is 5.92 Å². The van der Waals surface area contributed by atoms with E-state index in [0.29, 0.717) is 30.8 Å². The highest BCUT2D eigenvalue weighted by Crippen LogP contribution is 2.22. The smallest absolute Gasteiger partial charge is 0.309 e. The Bertz CT molecular complexity index is 893. The van der Waals surface area contributed by atoms with Gasteiger partial charge in [0, 0.05) is 37.3 Å². The molecule has 0 aliphatic carbocycles. The SMILES string of the molecule is CN(Cc1c(F)cccc1Cl)C(=O)COC(=O)C1CCN(C(=O)c2cccs2)CC1. The molecular formula is C21H22ClFN2O4S. The molecule has 1 saturated heterocycles. The molecule has 1 aromatic heterocycles. The number of likely N-dealkylation sites (tertiary alicyclic amines) is 1. The molecule has 0 spiro atoms. The zero-order chi connectivity index (χ0) is 21.7. The lowest BCUT2D eigenvalue weighted by atomic mass is 9.97. The van der Waals surface area contributed by atoms with Gasteiger partial charge in [-0.15, -0.1) is 11.3 Å². The maximum atomic E-state index is 13.9. The van der Waals surface area contributed by atoms with Crippen molar-refractivity contribution in [3.63, 3.8) is 0 Å². The Labute approximate surface area is 183 Å². The second-order valence-corrected chi connectivity index (χ2v) is 8.46. The van der Waals surface area contributed by atoms with E-state index in [2.05, 4.69) is 0 Å². The van der Waals surface area contributed by atoms with Gasteiger partial charge >= 0.3 is 5.97 Å². The molecule has 2 heterocycles. The van der Waals surface area contributed by atoms with Crippen LogP contribution in [-0.4, -0.2) is 54.3 Å². The molecule has 0 saturated carbocycles. The van der Waals surface area contributed by atoms with Gasteiger partial charge in [0.1, 0.15) is 5.82 Å². The minimum absolute atomic E-state index is 0.0227. The first-order valence-electron chi connectivity index (χ1n) is 9.53. The standard InChI is InChI=1S/C21H22ClFN2O4S/c1-24(12-15-16(22)4-2-5-17(15)23)19(26)13-29-21(28)14-7-9-25(10-8-14)20(27)18-6-3-11-30-18/h2-6,11,14H,7-10,12-13H2,1H3. The van der Waals surface area contributed by atoms with E-state index < -0.39 is 24.3 Å². The van der Waals surface area contributed by atoms with Gasteiger partial charge in [-0.1, -0.05) is 23.7 Å². The zero-order valence-electron chi connectivity index (χ0n) is 16.5. The highest BCUT2D eigenvalue weighted by Gasteiger charge is 2.29. The minimum Gasteiger partial charge on any atom is -0.455 e. The molecule has 2 aromatic rings. The fourth-order valence-electron chi connectivity index (χ4n) is 3.24. The number of piperidine rings is 1. The maximum absolute atomic E-state index is 13.9. The van der Waals surface area contributed by atoms with Crippen molar-refractivity contribution >= 4 is 40.7 Å². The van der Waals surface area contributed by atoms with E-state index in [0.717, 1.165) is 0 Å². The van der Waals surface area contributed by atoms with Crippen LogP contribution in [0.15, 0.2) is 35.7 Å². The molecule has 0 atom stereocenters. The molecule has 160 valence electrons. The third-order valence-corrected chi connectivity index (χ3v) is 6.28. The average Bonchev–Trinajstić information content (AvgIpc) is 3.29. The van der Waals surface area contributed by atoms with E-state index in [1.54, 1.807) is 17.0 Å². The minimum atomic E-state index is -0.497. The number of likely N-dealkylation sites (N-methyl/N-ethyl adjacent to an activating group) is 1. The zero-order valence-corrected chi connectivity index (χ0v) is 18.0. The van der Waals surface area contributed by atoms with Gasteiger partial charge in [0.05, 0.1) is 10.8 Å². The molecule has 1 aliphatic rings. The van der Waals surface area contributed by atoms with Crippen molar-refractivity contribution < 1.29 is 23.5 Å². The average molecular weight is 453 g/mol. The van der Waals surface area contributed by atoms with E-state index in [1.807, 2.05) is 11.4 Å². The molecule has 0 unspecified atom stereocenters. The number of hydrogen-bond acceptors (Lipinski definition) is 5. The number of ether oxygens (including phenoxy) is 1. The second kappa shape index (κ2) is 10.0. The first-order valence-corrected chi connectivity index (χ1v) is 10.8. The number of thiophene rings is 1. The number of carbonyl (C=O) groups excluding carboxylic acids is 3. The van der Waals surface area contributed by atoms with Gasteiger partial charge in [0.25, 0.3) is 11.8 Å². The summed E-state index contributed by atoms with van der Waals surface area (Å²) in [7, 11) is 1.49. The van der Waals surface area contributed by atoms with Crippen molar-refractivity contribution in [2.75, 3.05) is 26.7 Å². The number of halogens is 2. The maximum Gasteiger partial charge on any atom is 0.309 e. The van der Waals surface area contributed by atoms with Gasteiger partial charge in [-0.3, -0.25) is 14.4 Å². The lowest BCUT2D eigenvalue weighted by molar-refractivity contribution is -0.156. The molecule has 6 nitrogen and oxygen atoms in total. The molecule has 0 bridgehead atoms. The number of rotatable bonds is 6. The highest BCUT2D eigenvalue weighted by molar-refractivity contribution is 7.12. The van der Waals surface area contributed by atoms with E-state index in [9.17, 15) is 18.8 Å². The molecule has 0 radical (unpaired) electrons. The van der Waals surface area contributed by atoms with Crippen molar-refractivity contribution in [3.05, 3.63) is 57.0 Å². The molecule has 1 aliphatic heterocycles. The van der Waals surface area contributed by atoms with Crippen molar-refractivity contribution in [3.8, 4) is 0 Å². The van der Waals surface area contributed by atoms with Crippen LogP contribution in [0, 0.1) is 11.7 Å². The van der Waals surface area contributed by atoms with Gasteiger partial charge in [-0.25, -0.2) is 4.39 Å². The summed E-state index contributed by atoms with van der Waals surface area (Å²) in [5.74, 6) is -1.78. The van der Waals surface area contributed by atoms with Gasteiger partial charge in [-0.2, -0.15) is 0 Å². The Morgan fingerprint density at radius 3 is 2.60 bits per heavy atom. The molecule has 1 aromatic carbocycles. The van der Waals surface area contributed by atoms with Gasteiger partial charge in [0.15, 0.2) is 6.61 Å². The van der Waals surface area contributed by atoms with Crippen LogP contribution in [0.1, 0.15) is 28.1 Å². The Kier molecular flexibility index (Phi) is 7.44. The third-order valence-electron chi connectivity index (χ3n) is 5.07. The lowest BCUT2D eigenvalue weighted by Gasteiger charge is -2.30. The fourth-order valence-corrected chi connectivity index (χ4v) is 4.16. The van der Waals surface area contributed by atoms with Crippen LogP contribution in [0.5, 0.6) is 0 Å². The fraction of sp³-hybridized carbons (Fsp3) is 0.381. The van der Waals surface area contributed by atoms with Crippen LogP contribution in [0.2, 0.25) is 5.02 Å². The molecule has 2 amide bonds. The lowest BCUT2D eigenvalue weighted by Crippen LogP contribution is -2.41. The summed E-state index contributed by atoms with van der Waals surface area (Å²) in [6.07, 6.45) is 0.982. The topological polar surface area (TPSA) is 66.9 Å². The molecular weight excluding hydrogens is 431 g/mol. The third kappa shape index (κ3) is 5.37. The summed E-state index contributed by atoms with van der Waals surface area (Å²) in [6.45, 7) is 0.493. The van der Waals surface area contributed by atoms with Crippen LogP contribution in [-0.2, 0) is 20.9 Å². The normalized spacial score (nSPS) is 14.4. The van der Waals surface area contributed by atoms with Gasteiger partial charge in [-0.05, 0) is 36.4 Å². The largest absolute Gasteiger partial charge is 0.455 e. The first kappa shape index (κ1) is 22.2. The Balaban J connectivity index is 1.44. The van der Waals surface area contributed by atoms with E-state index in [4.69, 9.17) is 16.3 Å². The van der Waals surface area contributed by atoms with Crippen LogP contribution in [0.3, 0.4) is 0 Å². The summed E-state index contributed by atoms with van der Waals surface area (Å²) in [5, 5.41) is 2.08. The van der Waals surface area contributed by atoms with Crippen molar-refractivity contribution in [1.29, 1.82) is 0 Å². The van der Waals surface area contributed by atoms with Gasteiger partial charge < -0.3 is 14.5 Å². The molecule has 30 heavy (non-hydrogen) atoms. The number of benzene rings is 1. The monoisotopic (exact) mass is 452 g/mol. The van der Waals surface area contributed by atoms with Crippen LogP contribution < -0.4 is 0 Å². The Morgan fingerprint density at radius 2 is 1.97 bits per heavy atom. The summed E-state index contributed by atoms with van der Waals surface area (Å²) in [5.41, 5.74) is 0.212. The number of amides is 2. The number of hydrogen-bond donors (Lipinski definition) is 0. The van der Waals surface area contributed by atoms with E-state index in [-0.39, 0.29) is 29.0 Å². The van der Waals surface area contributed by atoms with Crippen LogP contribution in [0.25, 0.3) is 0 Å². The molecule has 9 heteroatoms. The summed E-state index contributed by atoms with van der Waals surface area (Å²) in [6, 6.07) is 7.92. The summed E-state index contributed by atoms with van der Waals surface area (Å²) < 4.78 is 19.0. The predicted octanol–water partition coefficient (Wildman–Crippen LogP) is 3.59. The van der Waals surface area contributed by atoms with Crippen molar-refractivity contribution in [1.82, 2.24) is 9.80 Å². The first-order chi connectivity index (χ1) is 14.4. The van der Waals surface area contributed by atoms with E-state index >= 15 is 0 Å². The number of nitrogens with zero attached hydrogens (tertiary/aromatic N) is 2. The summed E-state index contributed by atoms with van der Waals surface area (Å²) in [4.78, 5) is 40.6. The quantitative estimate of drug-likeness (QED) is 0.628. The van der Waals surface area contributed by atoms with Crippen LogP contribution >= 0.6 is 22.9 Å².